The van der Waals surface area contributed by atoms with E-state index in [1.165, 1.54) is 6.20 Å². The summed E-state index contributed by atoms with van der Waals surface area (Å²) in [5.74, 6) is -0.432. The van der Waals surface area contributed by atoms with E-state index >= 15 is 0 Å². The third-order valence-electron chi connectivity index (χ3n) is 2.39. The van der Waals surface area contributed by atoms with Gasteiger partial charge in [0, 0.05) is 15.2 Å². The molecule has 1 aromatic heterocycles. The zero-order valence-corrected chi connectivity index (χ0v) is 11.4. The number of aromatic nitrogens is 1. The Labute approximate surface area is 112 Å². The van der Waals surface area contributed by atoms with Gasteiger partial charge in [-0.3, -0.25) is 4.98 Å². The molecule has 2 rings (SSSR count). The number of anilines is 1. The van der Waals surface area contributed by atoms with Crippen molar-refractivity contribution in [1.29, 1.82) is 0 Å². The summed E-state index contributed by atoms with van der Waals surface area (Å²) in [7, 11) is 0. The number of carbonyl (C=O) groups is 1. The molecule has 17 heavy (non-hydrogen) atoms. The normalized spacial score (nSPS) is 10.5. The predicted molar refractivity (Wildman–Crippen MR) is 74.8 cm³/mol. The first-order valence-corrected chi connectivity index (χ1v) is 6.22. The van der Waals surface area contributed by atoms with Crippen molar-refractivity contribution in [3.05, 3.63) is 33.5 Å². The molecule has 1 aromatic carbocycles. The second-order valence-corrected chi connectivity index (χ2v) is 4.60. The molecule has 5 heteroatoms. The van der Waals surface area contributed by atoms with Gasteiger partial charge in [-0.25, -0.2) is 4.79 Å². The van der Waals surface area contributed by atoms with Crippen LogP contribution in [0.15, 0.2) is 24.4 Å². The van der Waals surface area contributed by atoms with Crippen LogP contribution in [0.2, 0.25) is 0 Å². The Morgan fingerprint density at radius 1 is 1.53 bits per heavy atom. The van der Waals surface area contributed by atoms with Crippen molar-refractivity contribution in [3.8, 4) is 0 Å². The Bertz CT molecular complexity index is 584. The van der Waals surface area contributed by atoms with Crippen molar-refractivity contribution < 1.29 is 9.53 Å². The minimum Gasteiger partial charge on any atom is -0.462 e. The average molecular weight is 342 g/mol. The lowest BCUT2D eigenvalue weighted by atomic mass is 10.1. The molecule has 88 valence electrons. The molecule has 0 bridgehead atoms. The molecule has 0 amide bonds. The first-order valence-electron chi connectivity index (χ1n) is 5.15. The second kappa shape index (κ2) is 4.87. The van der Waals surface area contributed by atoms with Gasteiger partial charge in [-0.05, 0) is 35.6 Å². The minimum atomic E-state index is -0.432. The van der Waals surface area contributed by atoms with Gasteiger partial charge in [0.2, 0.25) is 0 Å². The summed E-state index contributed by atoms with van der Waals surface area (Å²) in [6, 6.07) is 5.68. The van der Waals surface area contributed by atoms with E-state index in [-0.39, 0.29) is 0 Å². The van der Waals surface area contributed by atoms with Crippen LogP contribution in [-0.2, 0) is 4.74 Å². The monoisotopic (exact) mass is 342 g/mol. The van der Waals surface area contributed by atoms with Gasteiger partial charge < -0.3 is 10.5 Å². The van der Waals surface area contributed by atoms with Gasteiger partial charge in [0.25, 0.3) is 0 Å². The summed E-state index contributed by atoms with van der Waals surface area (Å²) in [6.07, 6.45) is 1.47. The number of nitrogens with zero attached hydrogens (tertiary/aromatic N) is 1. The molecule has 0 saturated carbocycles. The number of halogens is 1. The lowest BCUT2D eigenvalue weighted by Crippen LogP contribution is -2.09. The Morgan fingerprint density at radius 3 is 3.00 bits per heavy atom. The summed E-state index contributed by atoms with van der Waals surface area (Å²) in [5.41, 5.74) is 7.52. The van der Waals surface area contributed by atoms with Gasteiger partial charge >= 0.3 is 5.97 Å². The summed E-state index contributed by atoms with van der Waals surface area (Å²) in [4.78, 5) is 15.9. The van der Waals surface area contributed by atoms with Gasteiger partial charge in [-0.2, -0.15) is 0 Å². The number of carbonyl (C=O) groups excluding carboxylic acids is 1. The maximum atomic E-state index is 11.7. The molecule has 1 heterocycles. The number of ether oxygens (including phenoxy) is 1. The van der Waals surface area contributed by atoms with Crippen LogP contribution in [0.25, 0.3) is 10.9 Å². The number of nitrogens with two attached hydrogens (primary N) is 1. The van der Waals surface area contributed by atoms with E-state index in [0.717, 1.165) is 14.5 Å². The number of nitrogen functional groups attached to an aromatic ring is 1. The Hall–Kier alpha value is -1.37. The van der Waals surface area contributed by atoms with Crippen LogP contribution >= 0.6 is 22.6 Å². The number of pyridine rings is 1. The molecule has 2 aromatic rings. The zero-order chi connectivity index (χ0) is 12.4. The number of hydrogen-bond donors (Lipinski definition) is 1. The Balaban J connectivity index is 2.62. The SMILES string of the molecule is CCOC(=O)c1cnc2c(I)cccc2c1N. The van der Waals surface area contributed by atoms with Crippen molar-refractivity contribution in [2.24, 2.45) is 0 Å². The van der Waals surface area contributed by atoms with Crippen LogP contribution < -0.4 is 5.73 Å². The first kappa shape index (κ1) is 12.1. The van der Waals surface area contributed by atoms with Crippen LogP contribution in [-0.4, -0.2) is 17.6 Å². The maximum absolute atomic E-state index is 11.7. The number of benzene rings is 1. The molecule has 0 spiro atoms. The maximum Gasteiger partial charge on any atom is 0.341 e. The first-order chi connectivity index (χ1) is 8.15. The van der Waals surface area contributed by atoms with Crippen LogP contribution in [0.4, 0.5) is 5.69 Å². The van der Waals surface area contributed by atoms with Crippen LogP contribution in [0.1, 0.15) is 17.3 Å². The fourth-order valence-electron chi connectivity index (χ4n) is 1.58. The molecule has 0 radical (unpaired) electrons. The number of para-hydroxylation sites is 1. The van der Waals surface area contributed by atoms with E-state index in [0.29, 0.717) is 17.9 Å². The highest BCUT2D eigenvalue weighted by Gasteiger charge is 2.14. The molecule has 0 aliphatic rings. The summed E-state index contributed by atoms with van der Waals surface area (Å²) in [5, 5.41) is 0.780. The van der Waals surface area contributed by atoms with E-state index in [4.69, 9.17) is 10.5 Å². The number of fused-ring (bicyclic) bond motifs is 1. The molecule has 0 fully saturated rings. The van der Waals surface area contributed by atoms with Crippen molar-refractivity contribution in [3.63, 3.8) is 0 Å². The molecular weight excluding hydrogens is 331 g/mol. The predicted octanol–water partition coefficient (Wildman–Crippen LogP) is 2.60. The van der Waals surface area contributed by atoms with E-state index < -0.39 is 5.97 Å². The molecule has 0 unspecified atom stereocenters. The largest absolute Gasteiger partial charge is 0.462 e. The van der Waals surface area contributed by atoms with Gasteiger partial charge in [-0.1, -0.05) is 12.1 Å². The standard InChI is InChI=1S/C12H11IN2O2/c1-2-17-12(16)8-6-15-11-7(10(8)14)4-3-5-9(11)13/h3-6H,2H2,1H3,(H2,14,15). The third-order valence-corrected chi connectivity index (χ3v) is 3.26. The second-order valence-electron chi connectivity index (χ2n) is 3.44. The number of esters is 1. The lowest BCUT2D eigenvalue weighted by molar-refractivity contribution is 0.0527. The van der Waals surface area contributed by atoms with Crippen molar-refractivity contribution in [2.45, 2.75) is 6.92 Å². The Morgan fingerprint density at radius 2 is 2.29 bits per heavy atom. The highest BCUT2D eigenvalue weighted by molar-refractivity contribution is 14.1. The number of hydrogen-bond acceptors (Lipinski definition) is 4. The fourth-order valence-corrected chi connectivity index (χ4v) is 2.22. The molecular formula is C12H11IN2O2. The zero-order valence-electron chi connectivity index (χ0n) is 9.24. The van der Waals surface area contributed by atoms with Crippen LogP contribution in [0.5, 0.6) is 0 Å². The minimum absolute atomic E-state index is 0.321. The summed E-state index contributed by atoms with van der Waals surface area (Å²) in [6.45, 7) is 2.08. The van der Waals surface area contributed by atoms with Crippen LogP contribution in [0, 0.1) is 3.57 Å². The van der Waals surface area contributed by atoms with E-state index in [2.05, 4.69) is 27.6 Å². The fraction of sp³-hybridized carbons (Fsp3) is 0.167. The van der Waals surface area contributed by atoms with E-state index in [9.17, 15) is 4.79 Å². The lowest BCUT2D eigenvalue weighted by Gasteiger charge is -2.08. The molecule has 4 nitrogen and oxygen atoms in total. The summed E-state index contributed by atoms with van der Waals surface area (Å²) < 4.78 is 5.93. The smallest absolute Gasteiger partial charge is 0.341 e. The molecule has 0 saturated heterocycles. The van der Waals surface area contributed by atoms with Crippen molar-refractivity contribution in [1.82, 2.24) is 4.98 Å². The quantitative estimate of drug-likeness (QED) is 0.673. The molecule has 2 N–H and O–H groups in total. The highest BCUT2D eigenvalue weighted by Crippen LogP contribution is 2.26. The van der Waals surface area contributed by atoms with Gasteiger partial charge in [-0.15, -0.1) is 0 Å². The van der Waals surface area contributed by atoms with E-state index in [1.54, 1.807) is 6.92 Å². The topological polar surface area (TPSA) is 65.2 Å². The van der Waals surface area contributed by atoms with E-state index in [1.807, 2.05) is 18.2 Å². The molecule has 0 aliphatic carbocycles. The third kappa shape index (κ3) is 2.19. The molecule has 0 atom stereocenters. The van der Waals surface area contributed by atoms with Crippen molar-refractivity contribution >= 4 is 45.2 Å². The van der Waals surface area contributed by atoms with Gasteiger partial charge in [0.05, 0.1) is 17.8 Å². The average Bonchev–Trinajstić information content (AvgIpc) is 2.31. The Kier molecular flexibility index (Phi) is 3.46. The summed E-state index contributed by atoms with van der Waals surface area (Å²) >= 11 is 2.19. The van der Waals surface area contributed by atoms with Gasteiger partial charge in [0.1, 0.15) is 5.56 Å². The molecule has 0 aliphatic heterocycles. The van der Waals surface area contributed by atoms with Crippen molar-refractivity contribution in [2.75, 3.05) is 12.3 Å². The van der Waals surface area contributed by atoms with Gasteiger partial charge in [0.15, 0.2) is 0 Å². The van der Waals surface area contributed by atoms with Crippen LogP contribution in [0.3, 0.4) is 0 Å². The highest BCUT2D eigenvalue weighted by atomic mass is 127. The number of rotatable bonds is 2.